The van der Waals surface area contributed by atoms with Gasteiger partial charge in [0.15, 0.2) is 0 Å². The van der Waals surface area contributed by atoms with Gasteiger partial charge in [0.05, 0.1) is 0 Å². The minimum absolute atomic E-state index is 0.0576. The number of hydrogen-bond acceptors (Lipinski definition) is 0. The van der Waals surface area contributed by atoms with Crippen molar-refractivity contribution in [3.63, 3.8) is 0 Å². The van der Waals surface area contributed by atoms with Crippen molar-refractivity contribution >= 4 is 24.0 Å². The molecule has 0 aromatic heterocycles. The molecule has 0 amide bonds. The van der Waals surface area contributed by atoms with Crippen LogP contribution in [0, 0.1) is 34.6 Å². The van der Waals surface area contributed by atoms with Gasteiger partial charge in [-0.25, -0.2) is 0 Å². The molecule has 0 radical (unpaired) electrons. The topological polar surface area (TPSA) is 0 Å². The number of halogens is 2. The molecule has 3 rings (SSSR count). The SMILES string of the molecule is CP(C)c1cc2ccccc2[cH-]1.Cc1c(C)c(C)[c-](C)c1C.[F][Ti][F]. The molecule has 0 fully saturated rings. The molecule has 3 aromatic carbocycles. The molecule has 0 saturated heterocycles. The molecule has 0 heterocycles. The van der Waals surface area contributed by atoms with Crippen molar-refractivity contribution in [2.45, 2.75) is 34.6 Å². The van der Waals surface area contributed by atoms with E-state index in [1.807, 2.05) is 0 Å². The summed E-state index contributed by atoms with van der Waals surface area (Å²) in [6.07, 6.45) is 0. The second kappa shape index (κ2) is 10.4. The number of hydrogen-bond donors (Lipinski definition) is 0. The second-order valence-corrected chi connectivity index (χ2v) is 8.96. The molecule has 0 nitrogen and oxygen atoms in total. The van der Waals surface area contributed by atoms with E-state index >= 15 is 0 Å². The summed E-state index contributed by atoms with van der Waals surface area (Å²) in [6.45, 7) is 15.6. The van der Waals surface area contributed by atoms with Crippen LogP contribution in [0.5, 0.6) is 0 Å². The quantitative estimate of drug-likeness (QED) is 0.244. The summed E-state index contributed by atoms with van der Waals surface area (Å²) in [6, 6.07) is 13.2. The van der Waals surface area contributed by atoms with Crippen molar-refractivity contribution in [2.24, 2.45) is 0 Å². The molecule has 0 saturated carbocycles. The first kappa shape index (κ1) is 22.2. The van der Waals surface area contributed by atoms with Crippen LogP contribution < -0.4 is 5.30 Å². The van der Waals surface area contributed by atoms with E-state index in [4.69, 9.17) is 0 Å². The normalized spacial score (nSPS) is 10.2. The van der Waals surface area contributed by atoms with Gasteiger partial charge in [-0.3, -0.25) is 0 Å². The Morgan fingerprint density at radius 2 is 1.44 bits per heavy atom. The molecule has 0 N–H and O–H groups in total. The Kier molecular flexibility index (Phi) is 9.21. The Bertz CT molecular complexity index is 686. The first-order valence-corrected chi connectivity index (χ1v) is 11.6. The predicted octanol–water partition coefficient (Wildman–Crippen LogP) is 6.71. The van der Waals surface area contributed by atoms with Crippen molar-refractivity contribution in [3.05, 3.63) is 64.2 Å². The fraction of sp³-hybridized carbons (Fsp3) is 0.333. The van der Waals surface area contributed by atoms with Crippen LogP contribution in [0.25, 0.3) is 10.8 Å². The zero-order valence-electron chi connectivity index (χ0n) is 16.2. The summed E-state index contributed by atoms with van der Waals surface area (Å²) < 4.78 is 19.5. The van der Waals surface area contributed by atoms with Gasteiger partial charge in [-0.15, -0.1) is 48.3 Å². The molecule has 136 valence electrons. The van der Waals surface area contributed by atoms with Crippen LogP contribution >= 0.6 is 7.92 Å². The van der Waals surface area contributed by atoms with Gasteiger partial charge < -0.3 is 0 Å². The molecule has 4 heteroatoms. The molecule has 0 atom stereocenters. The van der Waals surface area contributed by atoms with Gasteiger partial charge >= 0.3 is 26.4 Å². The van der Waals surface area contributed by atoms with E-state index in [9.17, 15) is 6.18 Å². The van der Waals surface area contributed by atoms with Gasteiger partial charge in [0.1, 0.15) is 0 Å². The molecule has 0 aliphatic carbocycles. The number of benzene rings is 1. The Morgan fingerprint density at radius 3 is 1.80 bits per heavy atom. The third kappa shape index (κ3) is 5.85. The Hall–Kier alpha value is -0.816. The molecule has 0 aliphatic heterocycles. The summed E-state index contributed by atoms with van der Waals surface area (Å²) in [4.78, 5) is 0. The summed E-state index contributed by atoms with van der Waals surface area (Å²) in [5, 5.41) is 4.26. The van der Waals surface area contributed by atoms with Crippen LogP contribution in [0.15, 0.2) is 36.4 Å². The Balaban J connectivity index is 0.000000220. The molecular formula is C21H27F2PTi-2. The van der Waals surface area contributed by atoms with E-state index in [1.54, 1.807) is 0 Å². The molecule has 0 aliphatic rings. The zero-order chi connectivity index (χ0) is 19.1. The summed E-state index contributed by atoms with van der Waals surface area (Å²) in [5.41, 5.74) is 7.34. The molecular weight excluding hydrogens is 369 g/mol. The predicted molar refractivity (Wildman–Crippen MR) is 106 cm³/mol. The minimum atomic E-state index is -2.50. The van der Waals surface area contributed by atoms with Gasteiger partial charge in [-0.05, 0) is 13.3 Å². The van der Waals surface area contributed by atoms with Crippen molar-refractivity contribution in [2.75, 3.05) is 13.3 Å². The summed E-state index contributed by atoms with van der Waals surface area (Å²) >= 11 is -2.50. The van der Waals surface area contributed by atoms with Crippen molar-refractivity contribution in [1.82, 2.24) is 0 Å². The van der Waals surface area contributed by atoms with E-state index in [0.717, 1.165) is 0 Å². The maximum absolute atomic E-state index is 9.75. The molecule has 0 bridgehead atoms. The second-order valence-electron chi connectivity index (χ2n) is 6.43. The van der Waals surface area contributed by atoms with Crippen LogP contribution in [0.4, 0.5) is 6.18 Å². The average molecular weight is 396 g/mol. The molecule has 3 aromatic rings. The Morgan fingerprint density at radius 1 is 0.960 bits per heavy atom. The van der Waals surface area contributed by atoms with Crippen LogP contribution in [0.1, 0.15) is 27.8 Å². The standard InChI is InChI=1S/C11H12P.C10H15.2FH.Ti/c1-12(2)11-7-9-5-3-4-6-10(9)8-11;1-6-7(2)9(4)10(5)8(6)3;;;/h3-8H,1-2H3;1-5H3;2*1H;/q2*-1;;;+2/p-2. The molecule has 0 spiro atoms. The van der Waals surface area contributed by atoms with Gasteiger partial charge in [-0.1, -0.05) is 40.7 Å². The van der Waals surface area contributed by atoms with Crippen LogP contribution in [-0.2, 0) is 20.2 Å². The molecule has 25 heavy (non-hydrogen) atoms. The summed E-state index contributed by atoms with van der Waals surface area (Å²) in [7, 11) is 0.0576. The van der Waals surface area contributed by atoms with Crippen LogP contribution in [0.3, 0.4) is 0 Å². The van der Waals surface area contributed by atoms with E-state index in [1.165, 1.54) is 43.9 Å². The van der Waals surface area contributed by atoms with E-state index in [-0.39, 0.29) is 7.92 Å². The van der Waals surface area contributed by atoms with Crippen molar-refractivity contribution in [3.8, 4) is 0 Å². The maximum atomic E-state index is 9.75. The Labute approximate surface area is 162 Å². The molecule has 0 unspecified atom stereocenters. The first-order chi connectivity index (χ1) is 11.7. The van der Waals surface area contributed by atoms with Crippen LogP contribution in [-0.4, -0.2) is 13.3 Å². The fourth-order valence-electron chi connectivity index (χ4n) is 2.80. The van der Waals surface area contributed by atoms with Crippen LogP contribution in [0.2, 0.25) is 0 Å². The van der Waals surface area contributed by atoms with Gasteiger partial charge in [0.25, 0.3) is 0 Å². The average Bonchev–Trinajstić information content (AvgIpc) is 3.10. The van der Waals surface area contributed by atoms with Gasteiger partial charge in [-0.2, -0.15) is 33.9 Å². The summed E-state index contributed by atoms with van der Waals surface area (Å²) in [5.74, 6) is 0. The number of fused-ring (bicyclic) bond motifs is 1. The van der Waals surface area contributed by atoms with E-state index in [2.05, 4.69) is 84.3 Å². The van der Waals surface area contributed by atoms with Gasteiger partial charge in [0, 0.05) is 0 Å². The first-order valence-electron chi connectivity index (χ1n) is 8.23. The third-order valence-corrected chi connectivity index (χ3v) is 6.22. The van der Waals surface area contributed by atoms with E-state index in [0.29, 0.717) is 0 Å². The third-order valence-electron chi connectivity index (χ3n) is 4.93. The number of rotatable bonds is 1. The van der Waals surface area contributed by atoms with Crippen molar-refractivity contribution in [1.29, 1.82) is 0 Å². The fourth-order valence-corrected chi connectivity index (χ4v) is 3.59. The van der Waals surface area contributed by atoms with E-state index < -0.39 is 20.2 Å². The van der Waals surface area contributed by atoms with Crippen molar-refractivity contribution < 1.29 is 26.4 Å². The monoisotopic (exact) mass is 396 g/mol. The van der Waals surface area contributed by atoms with Gasteiger partial charge in [0.2, 0.25) is 0 Å². The zero-order valence-corrected chi connectivity index (χ0v) is 18.6.